The van der Waals surface area contributed by atoms with Crippen LogP contribution in [0, 0.1) is 20.8 Å². The lowest BCUT2D eigenvalue weighted by Gasteiger charge is -2.12. The van der Waals surface area contributed by atoms with Gasteiger partial charge in [-0.2, -0.15) is 0 Å². The molecule has 0 saturated carbocycles. The zero-order valence-electron chi connectivity index (χ0n) is 11.6. The van der Waals surface area contributed by atoms with Gasteiger partial charge < -0.3 is 15.6 Å². The molecule has 0 saturated heterocycles. The van der Waals surface area contributed by atoms with Crippen LogP contribution < -0.4 is 10.5 Å². The Bertz CT molecular complexity index is 681. The van der Waals surface area contributed by atoms with Crippen molar-refractivity contribution in [3.63, 3.8) is 0 Å². The van der Waals surface area contributed by atoms with E-state index in [0.717, 1.165) is 16.7 Å². The molecule has 0 aliphatic rings. The van der Waals surface area contributed by atoms with Crippen molar-refractivity contribution in [2.75, 3.05) is 5.73 Å². The number of carbonyl (C=O) groups is 1. The van der Waals surface area contributed by atoms with Crippen molar-refractivity contribution in [2.24, 2.45) is 0 Å². The summed E-state index contributed by atoms with van der Waals surface area (Å²) in [5.74, 6) is -0.229. The highest BCUT2D eigenvalue weighted by Gasteiger charge is 2.12. The zero-order valence-corrected chi connectivity index (χ0v) is 11.6. The van der Waals surface area contributed by atoms with Crippen LogP contribution in [0.3, 0.4) is 0 Å². The number of carboxylic acids is 1. The summed E-state index contributed by atoms with van der Waals surface area (Å²) in [6, 6.07) is 5.27. The molecule has 20 heavy (non-hydrogen) atoms. The molecule has 0 radical (unpaired) electrons. The number of nitrogens with zero attached hydrogens (tertiary/aromatic N) is 1. The second-order valence-corrected chi connectivity index (χ2v) is 4.72. The van der Waals surface area contributed by atoms with Crippen LogP contribution in [-0.4, -0.2) is 16.1 Å². The minimum atomic E-state index is -1.10. The molecule has 0 unspecified atom stereocenters. The Morgan fingerprint density at radius 3 is 2.60 bits per heavy atom. The Morgan fingerprint density at radius 2 is 1.95 bits per heavy atom. The second-order valence-electron chi connectivity index (χ2n) is 4.72. The number of nitrogen functional groups attached to an aromatic ring is 1. The highest BCUT2D eigenvalue weighted by atomic mass is 16.5. The number of aromatic carboxylic acids is 1. The van der Waals surface area contributed by atoms with Gasteiger partial charge in [-0.25, -0.2) is 9.78 Å². The van der Waals surface area contributed by atoms with E-state index in [4.69, 9.17) is 15.6 Å². The number of carboxylic acid groups (broad SMARTS) is 1. The van der Waals surface area contributed by atoms with E-state index in [1.54, 1.807) is 0 Å². The third-order valence-electron chi connectivity index (χ3n) is 3.12. The summed E-state index contributed by atoms with van der Waals surface area (Å²) in [6.45, 7) is 5.91. The molecular formula is C15H16N2O3. The molecule has 2 rings (SSSR count). The third kappa shape index (κ3) is 2.71. The second kappa shape index (κ2) is 5.21. The first-order valence-corrected chi connectivity index (χ1v) is 6.13. The van der Waals surface area contributed by atoms with E-state index in [2.05, 4.69) is 11.1 Å². The van der Waals surface area contributed by atoms with Crippen molar-refractivity contribution in [3.05, 3.63) is 46.6 Å². The smallest absolute Gasteiger partial charge is 0.338 e. The number of pyridine rings is 1. The van der Waals surface area contributed by atoms with E-state index >= 15 is 0 Å². The van der Waals surface area contributed by atoms with Gasteiger partial charge in [0.2, 0.25) is 5.88 Å². The molecule has 2 aromatic rings. The molecule has 0 atom stereocenters. The molecule has 0 aliphatic heterocycles. The first-order chi connectivity index (χ1) is 9.38. The lowest BCUT2D eigenvalue weighted by Crippen LogP contribution is -2.04. The largest absolute Gasteiger partial charge is 0.478 e. The van der Waals surface area contributed by atoms with Crippen LogP contribution in [0.2, 0.25) is 0 Å². The summed E-state index contributed by atoms with van der Waals surface area (Å²) in [4.78, 5) is 15.0. The predicted molar refractivity (Wildman–Crippen MR) is 76.3 cm³/mol. The number of nitrogens with two attached hydrogens (primary N) is 1. The van der Waals surface area contributed by atoms with Crippen molar-refractivity contribution < 1.29 is 14.6 Å². The molecule has 5 heteroatoms. The Labute approximate surface area is 117 Å². The lowest BCUT2D eigenvalue weighted by atomic mass is 10.1. The van der Waals surface area contributed by atoms with Crippen LogP contribution in [0.4, 0.5) is 5.69 Å². The first kappa shape index (κ1) is 13.9. The van der Waals surface area contributed by atoms with Crippen molar-refractivity contribution in [3.8, 4) is 11.6 Å². The van der Waals surface area contributed by atoms with Crippen molar-refractivity contribution in [1.82, 2.24) is 4.98 Å². The summed E-state index contributed by atoms with van der Waals surface area (Å²) < 4.78 is 5.69. The molecule has 0 amide bonds. The van der Waals surface area contributed by atoms with Gasteiger partial charge in [0.25, 0.3) is 0 Å². The number of hydrogen-bond acceptors (Lipinski definition) is 4. The van der Waals surface area contributed by atoms with Gasteiger partial charge in [0, 0.05) is 6.07 Å². The average Bonchev–Trinajstić information content (AvgIpc) is 2.37. The zero-order chi connectivity index (χ0) is 14.9. The number of aromatic nitrogens is 1. The highest BCUT2D eigenvalue weighted by molar-refractivity contribution is 5.93. The maximum Gasteiger partial charge on any atom is 0.338 e. The van der Waals surface area contributed by atoms with Gasteiger partial charge in [0.1, 0.15) is 5.75 Å². The number of hydrogen-bond donors (Lipinski definition) is 2. The maximum absolute atomic E-state index is 11.0. The van der Waals surface area contributed by atoms with Crippen LogP contribution in [0.25, 0.3) is 0 Å². The van der Waals surface area contributed by atoms with Gasteiger partial charge >= 0.3 is 5.97 Å². The summed E-state index contributed by atoms with van der Waals surface area (Å²) in [5, 5.41) is 9.04. The standard InChI is InChI=1S/C15H16N2O3/c1-8-4-9(2)10(3)13(5-8)20-14-6-11(15(18)19)12(16)7-17-14/h4-7H,16H2,1-3H3,(H,18,19). The molecule has 104 valence electrons. The molecule has 1 aromatic heterocycles. The van der Waals surface area contributed by atoms with E-state index in [0.29, 0.717) is 5.75 Å². The van der Waals surface area contributed by atoms with Crippen LogP contribution in [-0.2, 0) is 0 Å². The number of rotatable bonds is 3. The summed E-state index contributed by atoms with van der Waals surface area (Å²) in [6.07, 6.45) is 1.29. The molecule has 0 aliphatic carbocycles. The van der Waals surface area contributed by atoms with Gasteiger partial charge in [-0.05, 0) is 43.5 Å². The van der Waals surface area contributed by atoms with E-state index in [9.17, 15) is 4.79 Å². The number of ether oxygens (including phenoxy) is 1. The number of benzene rings is 1. The number of aryl methyl sites for hydroxylation is 2. The fraction of sp³-hybridized carbons (Fsp3) is 0.200. The van der Waals surface area contributed by atoms with E-state index in [1.165, 1.54) is 12.3 Å². The van der Waals surface area contributed by atoms with Crippen LogP contribution in [0.15, 0.2) is 24.4 Å². The van der Waals surface area contributed by atoms with Gasteiger partial charge in [-0.15, -0.1) is 0 Å². The highest BCUT2D eigenvalue weighted by Crippen LogP contribution is 2.28. The lowest BCUT2D eigenvalue weighted by molar-refractivity contribution is 0.0697. The molecule has 0 bridgehead atoms. The van der Waals surface area contributed by atoms with Crippen LogP contribution in [0.1, 0.15) is 27.0 Å². The summed E-state index contributed by atoms with van der Waals surface area (Å²) in [7, 11) is 0. The average molecular weight is 272 g/mol. The molecule has 0 fully saturated rings. The maximum atomic E-state index is 11.0. The Balaban J connectivity index is 2.40. The summed E-state index contributed by atoms with van der Waals surface area (Å²) in [5.41, 5.74) is 8.82. The number of anilines is 1. The molecular weight excluding hydrogens is 256 g/mol. The SMILES string of the molecule is Cc1cc(C)c(C)c(Oc2cc(C(=O)O)c(N)cn2)c1. The van der Waals surface area contributed by atoms with Gasteiger partial charge in [0.15, 0.2) is 0 Å². The molecule has 3 N–H and O–H groups in total. The first-order valence-electron chi connectivity index (χ1n) is 6.13. The van der Waals surface area contributed by atoms with Crippen molar-refractivity contribution in [1.29, 1.82) is 0 Å². The van der Waals surface area contributed by atoms with Crippen molar-refractivity contribution in [2.45, 2.75) is 20.8 Å². The van der Waals surface area contributed by atoms with E-state index in [-0.39, 0.29) is 17.1 Å². The van der Waals surface area contributed by atoms with Gasteiger partial charge in [-0.1, -0.05) is 6.07 Å². The third-order valence-corrected chi connectivity index (χ3v) is 3.12. The van der Waals surface area contributed by atoms with Gasteiger partial charge in [-0.3, -0.25) is 0 Å². The Hall–Kier alpha value is -2.56. The molecule has 1 heterocycles. The Morgan fingerprint density at radius 1 is 1.25 bits per heavy atom. The topological polar surface area (TPSA) is 85.4 Å². The fourth-order valence-corrected chi connectivity index (χ4v) is 1.91. The molecule has 1 aromatic carbocycles. The fourth-order valence-electron chi connectivity index (χ4n) is 1.91. The monoisotopic (exact) mass is 272 g/mol. The van der Waals surface area contributed by atoms with Crippen molar-refractivity contribution >= 4 is 11.7 Å². The van der Waals surface area contributed by atoms with E-state index in [1.807, 2.05) is 26.8 Å². The minimum absolute atomic E-state index is 0.0166. The quantitative estimate of drug-likeness (QED) is 0.896. The summed E-state index contributed by atoms with van der Waals surface area (Å²) >= 11 is 0. The normalized spacial score (nSPS) is 10.3. The minimum Gasteiger partial charge on any atom is -0.478 e. The van der Waals surface area contributed by atoms with E-state index < -0.39 is 5.97 Å². The van der Waals surface area contributed by atoms with Crippen LogP contribution >= 0.6 is 0 Å². The predicted octanol–water partition coefficient (Wildman–Crippen LogP) is 3.08. The molecule has 0 spiro atoms. The van der Waals surface area contributed by atoms with Gasteiger partial charge in [0.05, 0.1) is 17.4 Å². The Kier molecular flexibility index (Phi) is 3.61. The van der Waals surface area contributed by atoms with Crippen LogP contribution in [0.5, 0.6) is 11.6 Å². The molecule has 5 nitrogen and oxygen atoms in total.